The van der Waals surface area contributed by atoms with Crippen molar-refractivity contribution in [3.8, 4) is 0 Å². The number of nitrogens with one attached hydrogen (secondary N) is 1. The van der Waals surface area contributed by atoms with Gasteiger partial charge in [-0.15, -0.1) is 0 Å². The van der Waals surface area contributed by atoms with Gasteiger partial charge in [-0.2, -0.15) is 31.4 Å². The van der Waals surface area contributed by atoms with E-state index in [1.54, 1.807) is 13.8 Å². The Bertz CT molecular complexity index is 1180. The molecule has 3 rings (SSSR count). The first-order valence-corrected chi connectivity index (χ1v) is 11.0. The van der Waals surface area contributed by atoms with Crippen LogP contribution in [0, 0.1) is 5.41 Å². The van der Waals surface area contributed by atoms with E-state index >= 15 is 0 Å². The monoisotopic (exact) mass is 535 g/mol. The van der Waals surface area contributed by atoms with Gasteiger partial charge in [0.1, 0.15) is 5.41 Å². The zero-order valence-electron chi connectivity index (χ0n) is 18.9. The van der Waals surface area contributed by atoms with E-state index in [0.29, 0.717) is 0 Å². The van der Waals surface area contributed by atoms with Gasteiger partial charge >= 0.3 is 24.4 Å². The summed E-state index contributed by atoms with van der Waals surface area (Å²) in [5.41, 5.74) is -3.42. The fourth-order valence-corrected chi connectivity index (χ4v) is 4.00. The smallest absolute Gasteiger partial charge is 0.417 e. The van der Waals surface area contributed by atoms with E-state index in [1.807, 2.05) is 0 Å². The van der Waals surface area contributed by atoms with Crippen LogP contribution >= 0.6 is 11.6 Å². The molecule has 0 aliphatic carbocycles. The van der Waals surface area contributed by atoms with Crippen molar-refractivity contribution in [2.75, 3.05) is 18.5 Å². The number of benzene rings is 2. The second-order valence-electron chi connectivity index (χ2n) is 7.86. The summed E-state index contributed by atoms with van der Waals surface area (Å²) in [6, 6.07) is 5.64. The molecule has 1 aliphatic heterocycles. The average molecular weight is 536 g/mol. The van der Waals surface area contributed by atoms with E-state index in [0.717, 1.165) is 47.5 Å². The van der Waals surface area contributed by atoms with Crippen molar-refractivity contribution in [1.29, 1.82) is 0 Å². The van der Waals surface area contributed by atoms with Gasteiger partial charge in [0.25, 0.3) is 0 Å². The number of halogens is 7. The van der Waals surface area contributed by atoms with Crippen LogP contribution in [0.5, 0.6) is 0 Å². The molecule has 194 valence electrons. The lowest BCUT2D eigenvalue weighted by molar-refractivity contribution is -0.151. The van der Waals surface area contributed by atoms with E-state index in [-0.39, 0.29) is 36.5 Å². The fraction of sp³-hybridized carbons (Fsp3) is 0.348. The van der Waals surface area contributed by atoms with E-state index in [2.05, 4.69) is 10.4 Å². The average Bonchev–Trinajstić information content (AvgIpc) is 3.19. The van der Waals surface area contributed by atoms with Crippen molar-refractivity contribution < 1.29 is 40.7 Å². The molecule has 1 atom stereocenters. The van der Waals surface area contributed by atoms with Crippen molar-refractivity contribution in [3.63, 3.8) is 0 Å². The molecule has 1 N–H and O–H groups in total. The second kappa shape index (κ2) is 10.00. The number of rotatable bonds is 5. The van der Waals surface area contributed by atoms with E-state index < -0.39 is 45.9 Å². The first-order valence-electron chi connectivity index (χ1n) is 10.6. The van der Waals surface area contributed by atoms with Gasteiger partial charge in [0.05, 0.1) is 35.0 Å². The predicted octanol–water partition coefficient (Wildman–Crippen LogP) is 6.59. The van der Waals surface area contributed by atoms with Crippen LogP contribution in [0.1, 0.15) is 37.0 Å². The first-order chi connectivity index (χ1) is 16.7. The number of urea groups is 1. The van der Waals surface area contributed by atoms with Crippen LogP contribution in [-0.2, 0) is 21.9 Å². The molecule has 36 heavy (non-hydrogen) atoms. The van der Waals surface area contributed by atoms with E-state index in [4.69, 9.17) is 16.3 Å². The Balaban J connectivity index is 1.97. The summed E-state index contributed by atoms with van der Waals surface area (Å²) in [5.74, 6) is -0.743. The second-order valence-corrected chi connectivity index (χ2v) is 8.27. The summed E-state index contributed by atoms with van der Waals surface area (Å²) in [7, 11) is 0. The van der Waals surface area contributed by atoms with Crippen LogP contribution in [0.15, 0.2) is 47.6 Å². The number of carbonyl (C=O) groups excluding carboxylic acids is 2. The van der Waals surface area contributed by atoms with Gasteiger partial charge in [0.2, 0.25) is 0 Å². The fourth-order valence-electron chi connectivity index (χ4n) is 3.71. The van der Waals surface area contributed by atoms with E-state index in [9.17, 15) is 35.9 Å². The third-order valence-electron chi connectivity index (χ3n) is 5.61. The zero-order chi connectivity index (χ0) is 26.9. The Morgan fingerprint density at radius 1 is 1.06 bits per heavy atom. The van der Waals surface area contributed by atoms with Crippen molar-refractivity contribution in [2.24, 2.45) is 10.5 Å². The van der Waals surface area contributed by atoms with Crippen LogP contribution in [0.25, 0.3) is 0 Å². The van der Waals surface area contributed by atoms with Gasteiger partial charge in [-0.1, -0.05) is 24.6 Å². The Labute approximate surface area is 206 Å². The summed E-state index contributed by atoms with van der Waals surface area (Å²) in [6.07, 6.45) is -9.18. The lowest BCUT2D eigenvalue weighted by Gasteiger charge is -2.27. The third-order valence-corrected chi connectivity index (χ3v) is 5.92. The van der Waals surface area contributed by atoms with Crippen molar-refractivity contribution in [1.82, 2.24) is 5.01 Å². The van der Waals surface area contributed by atoms with Crippen molar-refractivity contribution in [3.05, 3.63) is 64.2 Å². The molecule has 0 bridgehead atoms. The van der Waals surface area contributed by atoms with Crippen LogP contribution < -0.4 is 5.32 Å². The third kappa shape index (κ3) is 5.43. The molecule has 1 heterocycles. The molecule has 0 saturated carbocycles. The van der Waals surface area contributed by atoms with Gasteiger partial charge < -0.3 is 10.1 Å². The topological polar surface area (TPSA) is 71.0 Å². The lowest BCUT2D eigenvalue weighted by Crippen LogP contribution is -2.44. The molecule has 6 nitrogen and oxygen atoms in total. The Morgan fingerprint density at radius 2 is 1.69 bits per heavy atom. The highest BCUT2D eigenvalue weighted by Crippen LogP contribution is 2.40. The Hall–Kier alpha value is -3.28. The van der Waals surface area contributed by atoms with Gasteiger partial charge in [-0.25, -0.2) is 9.80 Å². The van der Waals surface area contributed by atoms with Crippen LogP contribution in [0.4, 0.5) is 36.8 Å². The van der Waals surface area contributed by atoms with Gasteiger partial charge in [0, 0.05) is 11.3 Å². The zero-order valence-corrected chi connectivity index (χ0v) is 19.7. The number of amides is 2. The molecular formula is C23H20ClF6N3O3. The largest absolute Gasteiger partial charge is 0.465 e. The number of alkyl halides is 6. The maximum absolute atomic E-state index is 13.2. The predicted molar refractivity (Wildman–Crippen MR) is 120 cm³/mol. The number of nitrogens with zero attached hydrogens (tertiary/aromatic N) is 2. The van der Waals surface area contributed by atoms with Gasteiger partial charge in [-0.3, -0.25) is 4.79 Å². The molecule has 0 saturated heterocycles. The highest BCUT2D eigenvalue weighted by Gasteiger charge is 2.51. The minimum Gasteiger partial charge on any atom is -0.465 e. The van der Waals surface area contributed by atoms with Crippen LogP contribution in [0.3, 0.4) is 0 Å². The maximum atomic E-state index is 13.2. The van der Waals surface area contributed by atoms with Gasteiger partial charge in [0.15, 0.2) is 0 Å². The first kappa shape index (κ1) is 27.3. The molecule has 0 fully saturated rings. The molecule has 2 aromatic rings. The number of esters is 1. The summed E-state index contributed by atoms with van der Waals surface area (Å²) in [6.45, 7) is 2.87. The molecule has 2 aromatic carbocycles. The highest BCUT2D eigenvalue weighted by molar-refractivity contribution is 6.32. The number of hydrogen-bond acceptors (Lipinski definition) is 4. The standard InChI is InChI=1S/C23H20ClF6N3O3/c1-3-21(19(34)36-4-2)12-33(20(35)31-15-8-6-14(7-9-15)22(25,26)27)32-18(21)13-5-10-16(17(24)11-13)23(28,29)30/h5-11H,3-4,12H2,1-2H3,(H,31,35). The minimum absolute atomic E-state index is 0.000614. The minimum atomic E-state index is -4.70. The van der Waals surface area contributed by atoms with Crippen LogP contribution in [-0.4, -0.2) is 35.9 Å². The Morgan fingerprint density at radius 3 is 2.19 bits per heavy atom. The molecule has 2 amide bonds. The van der Waals surface area contributed by atoms with E-state index in [1.165, 1.54) is 0 Å². The summed E-state index contributed by atoms with van der Waals surface area (Å²) >= 11 is 5.86. The van der Waals surface area contributed by atoms with Crippen molar-refractivity contribution in [2.45, 2.75) is 32.6 Å². The summed E-state index contributed by atoms with van der Waals surface area (Å²) in [5, 5.41) is 6.84. The molecule has 0 aromatic heterocycles. The number of hydrazone groups is 1. The van der Waals surface area contributed by atoms with Crippen LogP contribution in [0.2, 0.25) is 5.02 Å². The lowest BCUT2D eigenvalue weighted by atomic mass is 9.77. The highest BCUT2D eigenvalue weighted by atomic mass is 35.5. The van der Waals surface area contributed by atoms with Gasteiger partial charge in [-0.05, 0) is 49.7 Å². The SMILES string of the molecule is CCOC(=O)C1(CC)CN(C(=O)Nc2ccc(C(F)(F)F)cc2)N=C1c1ccc(C(F)(F)F)c(Cl)c1. The molecule has 0 radical (unpaired) electrons. The normalized spacial score (nSPS) is 18.1. The molecule has 0 spiro atoms. The molecule has 13 heteroatoms. The molecule has 1 aliphatic rings. The summed E-state index contributed by atoms with van der Waals surface area (Å²) < 4.78 is 83.0. The summed E-state index contributed by atoms with van der Waals surface area (Å²) in [4.78, 5) is 25.8. The number of anilines is 1. The number of carbonyl (C=O) groups is 2. The Kier molecular flexibility index (Phi) is 7.58. The number of ether oxygens (including phenoxy) is 1. The molecule has 1 unspecified atom stereocenters. The quantitative estimate of drug-likeness (QED) is 0.347. The maximum Gasteiger partial charge on any atom is 0.417 e. The molecular weight excluding hydrogens is 516 g/mol. The van der Waals surface area contributed by atoms with Crippen molar-refractivity contribution >= 4 is 35.0 Å². The number of hydrogen-bond donors (Lipinski definition) is 1.